The van der Waals surface area contributed by atoms with Crippen molar-refractivity contribution in [2.75, 3.05) is 13.6 Å². The first kappa shape index (κ1) is 26.4. The number of amides is 1. The van der Waals surface area contributed by atoms with Crippen LogP contribution in [0.5, 0.6) is 0 Å². The molecule has 1 aliphatic heterocycles. The van der Waals surface area contributed by atoms with Crippen LogP contribution in [0, 0.1) is 24.7 Å². The number of carbonyl (C=O) groups excluding carboxylic acids is 1. The van der Waals surface area contributed by atoms with Gasteiger partial charge in [0.1, 0.15) is 10.5 Å². The Morgan fingerprint density at radius 1 is 1.19 bits per heavy atom. The molecule has 0 radical (unpaired) electrons. The number of aryl methyl sites for hydroxylation is 2. The molecule has 2 aromatic carbocycles. The lowest BCUT2D eigenvalue weighted by Crippen LogP contribution is -2.47. The Morgan fingerprint density at radius 3 is 2.59 bits per heavy atom. The topological polar surface area (TPSA) is 102 Å². The number of hydrogen-bond acceptors (Lipinski definition) is 7. The van der Waals surface area contributed by atoms with Crippen LogP contribution in [0.3, 0.4) is 0 Å². The highest BCUT2D eigenvalue weighted by Gasteiger charge is 2.33. The first-order valence-electron chi connectivity index (χ1n) is 12.3. The van der Waals surface area contributed by atoms with Gasteiger partial charge in [-0.05, 0) is 70.0 Å². The molecule has 4 rings (SSSR count). The van der Waals surface area contributed by atoms with Crippen LogP contribution in [-0.2, 0) is 4.74 Å². The van der Waals surface area contributed by atoms with Crippen LogP contribution in [0.25, 0.3) is 6.08 Å². The van der Waals surface area contributed by atoms with Crippen LogP contribution in [0.4, 0.5) is 0 Å². The largest absolute Gasteiger partial charge is 0.423 e. The van der Waals surface area contributed by atoms with Crippen molar-refractivity contribution in [3.63, 3.8) is 0 Å². The van der Waals surface area contributed by atoms with Crippen molar-refractivity contribution in [2.45, 2.75) is 45.2 Å². The highest BCUT2D eigenvalue weighted by molar-refractivity contribution is 7.09. The maximum Gasteiger partial charge on any atom is 0.254 e. The Balaban J connectivity index is 1.51. The van der Waals surface area contributed by atoms with E-state index in [4.69, 9.17) is 15.6 Å². The molecule has 2 heterocycles. The maximum absolute atomic E-state index is 13.5. The fourth-order valence-corrected chi connectivity index (χ4v) is 5.30. The van der Waals surface area contributed by atoms with Gasteiger partial charge in [0.25, 0.3) is 5.91 Å². The molecule has 3 aromatic rings. The molecule has 0 saturated carbocycles. The number of hydrogen-bond donors (Lipinski definition) is 3. The third kappa shape index (κ3) is 6.03. The molecule has 3 N–H and O–H groups in total. The van der Waals surface area contributed by atoms with E-state index in [9.17, 15) is 4.79 Å². The monoisotopic (exact) mass is 515 g/mol. The molecule has 1 saturated heterocycles. The van der Waals surface area contributed by atoms with Crippen LogP contribution >= 0.6 is 11.3 Å². The predicted octanol–water partition coefficient (Wildman–Crippen LogP) is 5.75. The highest BCUT2D eigenvalue weighted by Crippen LogP contribution is 2.35. The Kier molecular flexibility index (Phi) is 8.00. The molecule has 1 aliphatic rings. The molecule has 2 unspecified atom stereocenters. The lowest BCUT2D eigenvalue weighted by atomic mass is 10.00. The van der Waals surface area contributed by atoms with Gasteiger partial charge < -0.3 is 15.0 Å². The number of likely N-dealkylation sites (tertiary alicyclic amines) is 1. The Hall–Kier alpha value is -3.62. The highest BCUT2D eigenvalue weighted by atomic mass is 32.1. The molecule has 37 heavy (non-hydrogen) atoms. The average Bonchev–Trinajstić information content (AvgIpc) is 3.56. The normalized spacial score (nSPS) is 17.1. The van der Waals surface area contributed by atoms with Crippen LogP contribution in [0.1, 0.15) is 63.6 Å². The molecule has 2 atom stereocenters. The molecule has 8 heteroatoms. The second-order valence-electron chi connectivity index (χ2n) is 9.53. The number of likely N-dealkylation sites (N-methyl/N-ethyl adjacent to an activating group) is 1. The average molecular weight is 516 g/mol. The lowest BCUT2D eigenvalue weighted by Gasteiger charge is -2.26. The zero-order valence-electron chi connectivity index (χ0n) is 21.7. The van der Waals surface area contributed by atoms with Crippen LogP contribution in [-0.4, -0.2) is 46.7 Å². The Labute approximate surface area is 222 Å². The predicted molar refractivity (Wildman–Crippen MR) is 150 cm³/mol. The molecule has 0 aliphatic carbocycles. The van der Waals surface area contributed by atoms with Gasteiger partial charge in [-0.3, -0.25) is 15.6 Å². The van der Waals surface area contributed by atoms with Crippen molar-refractivity contribution in [3.8, 4) is 0 Å². The van der Waals surface area contributed by atoms with Crippen molar-refractivity contribution >= 4 is 35.1 Å². The van der Waals surface area contributed by atoms with Crippen molar-refractivity contribution in [2.24, 2.45) is 0 Å². The summed E-state index contributed by atoms with van der Waals surface area (Å²) in [6.45, 7) is 6.36. The van der Waals surface area contributed by atoms with Crippen LogP contribution in [0.15, 0.2) is 60.0 Å². The number of aromatic nitrogens is 1. The van der Waals surface area contributed by atoms with Crippen LogP contribution < -0.4 is 5.32 Å². The van der Waals surface area contributed by atoms with E-state index in [1.54, 1.807) is 30.5 Å². The molecular weight excluding hydrogens is 482 g/mol. The van der Waals surface area contributed by atoms with E-state index in [-0.39, 0.29) is 23.7 Å². The number of rotatable bonds is 7. The maximum atomic E-state index is 13.5. The van der Waals surface area contributed by atoms with Gasteiger partial charge in [0.05, 0.1) is 6.04 Å². The number of ether oxygens (including phenoxy) is 1. The number of nitrogens with one attached hydrogen (secondary N) is 3. The van der Waals surface area contributed by atoms with Gasteiger partial charge in [-0.1, -0.05) is 42.5 Å². The minimum atomic E-state index is -0.917. The molecular formula is C29H33N5O2S. The van der Waals surface area contributed by atoms with Crippen molar-refractivity contribution in [1.29, 1.82) is 10.8 Å². The number of carbonyl (C=O) groups is 1. The van der Waals surface area contributed by atoms with Gasteiger partial charge >= 0.3 is 0 Å². The summed E-state index contributed by atoms with van der Waals surface area (Å²) in [7, 11) is 1.75. The molecule has 0 spiro atoms. The lowest BCUT2D eigenvalue weighted by molar-refractivity contribution is 0.0735. The molecule has 192 valence electrons. The second kappa shape index (κ2) is 11.2. The van der Waals surface area contributed by atoms with Gasteiger partial charge in [-0.2, -0.15) is 0 Å². The van der Waals surface area contributed by atoms with E-state index in [2.05, 4.69) is 10.3 Å². The standard InChI is InChI=1S/C29H33N5O2S/c1-19-15-22(25(30)36-28(31)29(3,32-4)13-12-21-9-6-5-7-10-21)17-23(16-19)27(35)34-14-8-11-24(34)26-33-20(2)18-37-26/h5-7,9-10,12-13,15-18,24,30-32H,8,11,14H2,1-4H3. The molecule has 1 fully saturated rings. The summed E-state index contributed by atoms with van der Waals surface area (Å²) in [5, 5.41) is 23.3. The van der Waals surface area contributed by atoms with Gasteiger partial charge in [0.15, 0.2) is 0 Å². The second-order valence-corrected chi connectivity index (χ2v) is 10.4. The Morgan fingerprint density at radius 2 is 1.92 bits per heavy atom. The first-order chi connectivity index (χ1) is 17.7. The fraction of sp³-hybridized carbons (Fsp3) is 0.310. The van der Waals surface area contributed by atoms with E-state index < -0.39 is 5.54 Å². The van der Waals surface area contributed by atoms with E-state index in [0.717, 1.165) is 34.7 Å². The summed E-state index contributed by atoms with van der Waals surface area (Å²) < 4.78 is 5.71. The summed E-state index contributed by atoms with van der Waals surface area (Å²) in [5.74, 6) is -0.361. The number of thiazole rings is 1. The SMILES string of the molecule is CNC(C)(C=Cc1ccccc1)C(=N)OC(=N)c1cc(C)cc(C(=O)N2CCCC2c2nc(C)cs2)c1. The summed E-state index contributed by atoms with van der Waals surface area (Å²) in [4.78, 5) is 20.0. The van der Waals surface area contributed by atoms with E-state index in [1.807, 2.05) is 79.6 Å². The van der Waals surface area contributed by atoms with E-state index >= 15 is 0 Å². The molecule has 1 amide bonds. The fourth-order valence-electron chi connectivity index (χ4n) is 4.36. The third-order valence-corrected chi connectivity index (χ3v) is 7.69. The summed E-state index contributed by atoms with van der Waals surface area (Å²) >= 11 is 1.59. The van der Waals surface area contributed by atoms with Crippen molar-refractivity contribution in [1.82, 2.24) is 15.2 Å². The Bertz CT molecular complexity index is 1330. The van der Waals surface area contributed by atoms with Crippen molar-refractivity contribution < 1.29 is 9.53 Å². The van der Waals surface area contributed by atoms with Crippen molar-refractivity contribution in [3.05, 3.63) is 92.9 Å². The van der Waals surface area contributed by atoms with E-state index in [1.165, 1.54) is 0 Å². The van der Waals surface area contributed by atoms with Gasteiger partial charge in [0.2, 0.25) is 11.8 Å². The smallest absolute Gasteiger partial charge is 0.254 e. The minimum Gasteiger partial charge on any atom is -0.423 e. The molecule has 7 nitrogen and oxygen atoms in total. The van der Waals surface area contributed by atoms with Gasteiger partial charge in [-0.25, -0.2) is 4.98 Å². The minimum absolute atomic E-state index is 0.0215. The summed E-state index contributed by atoms with van der Waals surface area (Å²) in [6.07, 6.45) is 5.59. The first-order valence-corrected chi connectivity index (χ1v) is 13.2. The van der Waals surface area contributed by atoms with Gasteiger partial charge in [0, 0.05) is 28.7 Å². The summed E-state index contributed by atoms with van der Waals surface area (Å²) in [5.41, 5.74) is 2.87. The zero-order valence-corrected chi connectivity index (χ0v) is 22.5. The van der Waals surface area contributed by atoms with E-state index in [0.29, 0.717) is 17.7 Å². The quantitative estimate of drug-likeness (QED) is 0.275. The number of nitrogens with zero attached hydrogens (tertiary/aromatic N) is 2. The third-order valence-electron chi connectivity index (χ3n) is 6.63. The summed E-state index contributed by atoms with van der Waals surface area (Å²) in [6, 6.07) is 15.1. The van der Waals surface area contributed by atoms with Crippen LogP contribution in [0.2, 0.25) is 0 Å². The van der Waals surface area contributed by atoms with Gasteiger partial charge in [-0.15, -0.1) is 11.3 Å². The zero-order chi connectivity index (χ0) is 26.6. The molecule has 0 bridgehead atoms. The number of benzene rings is 2. The molecule has 1 aromatic heterocycles.